The van der Waals surface area contributed by atoms with Crippen LogP contribution in [0.2, 0.25) is 0 Å². The zero-order valence-electron chi connectivity index (χ0n) is 9.46. The summed E-state index contributed by atoms with van der Waals surface area (Å²) in [5.74, 6) is 0. The molecule has 0 bridgehead atoms. The van der Waals surface area contributed by atoms with Crippen LogP contribution in [0.15, 0.2) is 42.5 Å². The van der Waals surface area contributed by atoms with Crippen LogP contribution in [0.5, 0.6) is 0 Å². The van der Waals surface area contributed by atoms with Crippen LogP contribution in [-0.2, 0) is 0 Å². The van der Waals surface area contributed by atoms with Gasteiger partial charge in [0.1, 0.15) is 0 Å². The van der Waals surface area contributed by atoms with Crippen molar-refractivity contribution in [2.45, 2.75) is 6.92 Å². The predicted octanol–water partition coefficient (Wildman–Crippen LogP) is 4.10. The van der Waals surface area contributed by atoms with Gasteiger partial charge < -0.3 is 5.32 Å². The fourth-order valence-corrected chi connectivity index (χ4v) is 1.68. The first-order valence-corrected chi connectivity index (χ1v) is 5.28. The Labute approximate surface area is 97.1 Å². The molecule has 1 heteroatoms. The summed E-state index contributed by atoms with van der Waals surface area (Å²) in [6, 6.07) is 14.1. The molecule has 0 fully saturated rings. The van der Waals surface area contributed by atoms with Crippen LogP contribution in [0, 0.1) is 20.8 Å². The van der Waals surface area contributed by atoms with Gasteiger partial charge in [0.05, 0.1) is 0 Å². The van der Waals surface area contributed by atoms with Gasteiger partial charge in [-0.25, -0.2) is 0 Å². The Bertz CT molecular complexity index is 480. The molecule has 80 valence electrons. The van der Waals surface area contributed by atoms with E-state index in [1.165, 1.54) is 5.56 Å². The summed E-state index contributed by atoms with van der Waals surface area (Å²) in [6.07, 6.45) is 0. The average molecular weight is 209 g/mol. The molecular formula is C15H15N. The zero-order chi connectivity index (χ0) is 11.5. The van der Waals surface area contributed by atoms with Crippen LogP contribution in [-0.4, -0.2) is 0 Å². The van der Waals surface area contributed by atoms with E-state index in [1.807, 2.05) is 36.4 Å². The lowest BCUT2D eigenvalue weighted by atomic mass is 10.1. The third kappa shape index (κ3) is 2.08. The molecule has 1 N–H and O–H groups in total. The van der Waals surface area contributed by atoms with Gasteiger partial charge in [-0.2, -0.15) is 0 Å². The van der Waals surface area contributed by atoms with E-state index in [1.54, 1.807) is 0 Å². The number of anilines is 2. The Kier molecular flexibility index (Phi) is 2.95. The van der Waals surface area contributed by atoms with Gasteiger partial charge in [0.25, 0.3) is 0 Å². The Morgan fingerprint density at radius 3 is 2.25 bits per heavy atom. The molecule has 0 heterocycles. The van der Waals surface area contributed by atoms with E-state index in [4.69, 9.17) is 0 Å². The molecule has 2 radical (unpaired) electrons. The first-order valence-electron chi connectivity index (χ1n) is 5.28. The maximum absolute atomic E-state index is 4.02. The molecule has 2 rings (SSSR count). The van der Waals surface area contributed by atoms with Crippen LogP contribution >= 0.6 is 0 Å². The van der Waals surface area contributed by atoms with E-state index < -0.39 is 0 Å². The normalized spacial score (nSPS) is 10.2. The van der Waals surface area contributed by atoms with Crippen LogP contribution in [0.3, 0.4) is 0 Å². The summed E-state index contributed by atoms with van der Waals surface area (Å²) in [4.78, 5) is 0. The molecule has 0 unspecified atom stereocenters. The van der Waals surface area contributed by atoms with Crippen LogP contribution in [0.1, 0.15) is 16.7 Å². The topological polar surface area (TPSA) is 12.0 Å². The number of hydrogen-bond acceptors (Lipinski definition) is 1. The highest BCUT2D eigenvalue weighted by molar-refractivity contribution is 5.70. The fourth-order valence-electron chi connectivity index (χ4n) is 1.68. The van der Waals surface area contributed by atoms with Gasteiger partial charge in [-0.05, 0) is 43.5 Å². The Morgan fingerprint density at radius 1 is 0.875 bits per heavy atom. The van der Waals surface area contributed by atoms with Crippen LogP contribution < -0.4 is 5.32 Å². The summed E-state index contributed by atoms with van der Waals surface area (Å²) >= 11 is 0. The van der Waals surface area contributed by atoms with Crippen molar-refractivity contribution in [1.82, 2.24) is 0 Å². The van der Waals surface area contributed by atoms with Gasteiger partial charge in [-0.3, -0.25) is 0 Å². The van der Waals surface area contributed by atoms with Crippen molar-refractivity contribution in [3.05, 3.63) is 73.0 Å². The van der Waals surface area contributed by atoms with E-state index in [9.17, 15) is 0 Å². The first kappa shape index (κ1) is 10.7. The highest BCUT2D eigenvalue weighted by Gasteiger charge is 2.03. The molecule has 2 aromatic rings. The van der Waals surface area contributed by atoms with Gasteiger partial charge in [-0.1, -0.05) is 36.4 Å². The molecule has 0 spiro atoms. The van der Waals surface area contributed by atoms with E-state index in [0.717, 1.165) is 22.5 Å². The van der Waals surface area contributed by atoms with Crippen molar-refractivity contribution in [1.29, 1.82) is 0 Å². The molecule has 0 aromatic heterocycles. The third-order valence-electron chi connectivity index (χ3n) is 2.64. The molecule has 0 amide bonds. The standard InChI is InChI=1S/C15H15N/c1-11-7-4-5-10-14(11)16-15-12(2)8-6-9-13(15)3/h4-10,16H,1-2H2,3H3. The van der Waals surface area contributed by atoms with E-state index >= 15 is 0 Å². The molecule has 0 aliphatic heterocycles. The summed E-state index contributed by atoms with van der Waals surface area (Å²) in [7, 11) is 0. The van der Waals surface area contributed by atoms with Crippen molar-refractivity contribution in [2.75, 3.05) is 5.32 Å². The number of hydrogen-bond donors (Lipinski definition) is 1. The van der Waals surface area contributed by atoms with Gasteiger partial charge in [0, 0.05) is 11.4 Å². The van der Waals surface area contributed by atoms with E-state index in [2.05, 4.69) is 32.2 Å². The predicted molar refractivity (Wildman–Crippen MR) is 69.8 cm³/mol. The maximum atomic E-state index is 4.02. The lowest BCUT2D eigenvalue weighted by Gasteiger charge is -2.14. The second kappa shape index (κ2) is 4.40. The van der Waals surface area contributed by atoms with Gasteiger partial charge in [-0.15, -0.1) is 0 Å². The molecule has 16 heavy (non-hydrogen) atoms. The SMILES string of the molecule is [CH2]c1ccccc1Nc1c([CH2])cccc1C. The third-order valence-corrected chi connectivity index (χ3v) is 2.64. The Morgan fingerprint density at radius 2 is 1.56 bits per heavy atom. The number of benzene rings is 2. The Hall–Kier alpha value is -1.76. The van der Waals surface area contributed by atoms with E-state index in [0.29, 0.717) is 0 Å². The quantitative estimate of drug-likeness (QED) is 0.785. The second-order valence-corrected chi connectivity index (χ2v) is 3.89. The molecule has 1 nitrogen and oxygen atoms in total. The second-order valence-electron chi connectivity index (χ2n) is 3.89. The molecule has 0 saturated heterocycles. The van der Waals surface area contributed by atoms with Crippen molar-refractivity contribution in [3.63, 3.8) is 0 Å². The lowest BCUT2D eigenvalue weighted by Crippen LogP contribution is -1.97. The fraction of sp³-hybridized carbons (Fsp3) is 0.0667. The molecular weight excluding hydrogens is 194 g/mol. The van der Waals surface area contributed by atoms with Crippen molar-refractivity contribution < 1.29 is 0 Å². The summed E-state index contributed by atoms with van der Waals surface area (Å²) in [5.41, 5.74) is 5.28. The van der Waals surface area contributed by atoms with E-state index in [-0.39, 0.29) is 0 Å². The number of aryl methyl sites for hydroxylation is 1. The number of nitrogens with one attached hydrogen (secondary N) is 1. The largest absolute Gasteiger partial charge is 0.355 e. The van der Waals surface area contributed by atoms with Gasteiger partial charge in [0.2, 0.25) is 0 Å². The monoisotopic (exact) mass is 209 g/mol. The van der Waals surface area contributed by atoms with Gasteiger partial charge >= 0.3 is 0 Å². The summed E-state index contributed by atoms with van der Waals surface area (Å²) in [6.45, 7) is 10.1. The van der Waals surface area contributed by atoms with Crippen molar-refractivity contribution in [2.24, 2.45) is 0 Å². The minimum Gasteiger partial charge on any atom is -0.355 e. The molecule has 0 aliphatic carbocycles. The number of rotatable bonds is 2. The first-order chi connectivity index (χ1) is 7.68. The molecule has 0 aliphatic rings. The summed E-state index contributed by atoms with van der Waals surface area (Å²) < 4.78 is 0. The van der Waals surface area contributed by atoms with Crippen LogP contribution in [0.4, 0.5) is 11.4 Å². The van der Waals surface area contributed by atoms with Gasteiger partial charge in [0.15, 0.2) is 0 Å². The average Bonchev–Trinajstić information content (AvgIpc) is 2.26. The van der Waals surface area contributed by atoms with Crippen molar-refractivity contribution >= 4 is 11.4 Å². The zero-order valence-corrected chi connectivity index (χ0v) is 9.46. The highest BCUT2D eigenvalue weighted by atomic mass is 14.9. The molecule has 0 saturated carbocycles. The Balaban J connectivity index is 2.38. The summed E-state index contributed by atoms with van der Waals surface area (Å²) in [5, 5.41) is 3.38. The minimum atomic E-state index is 0.991. The highest BCUT2D eigenvalue weighted by Crippen LogP contribution is 2.25. The van der Waals surface area contributed by atoms with Crippen molar-refractivity contribution in [3.8, 4) is 0 Å². The number of para-hydroxylation sites is 2. The molecule has 2 aromatic carbocycles. The maximum Gasteiger partial charge on any atom is 0.0446 e. The molecule has 0 atom stereocenters. The minimum absolute atomic E-state index is 0.991. The smallest absolute Gasteiger partial charge is 0.0446 e. The lowest BCUT2D eigenvalue weighted by molar-refractivity contribution is 1.40. The van der Waals surface area contributed by atoms with Crippen LogP contribution in [0.25, 0.3) is 0 Å².